The third-order valence-corrected chi connectivity index (χ3v) is 4.08. The van der Waals surface area contributed by atoms with Crippen molar-refractivity contribution in [1.82, 2.24) is 19.7 Å². The predicted octanol–water partition coefficient (Wildman–Crippen LogP) is 1.10. The molecule has 2 heterocycles. The van der Waals surface area contributed by atoms with Crippen molar-refractivity contribution in [3.63, 3.8) is 0 Å². The summed E-state index contributed by atoms with van der Waals surface area (Å²) in [6.07, 6.45) is 1.42. The summed E-state index contributed by atoms with van der Waals surface area (Å²) in [6.45, 7) is 0. The highest BCUT2D eigenvalue weighted by atomic mass is 32.2. The third kappa shape index (κ3) is 2.06. The summed E-state index contributed by atoms with van der Waals surface area (Å²) in [5.74, 6) is 0.183. The summed E-state index contributed by atoms with van der Waals surface area (Å²) in [7, 11) is -2.13. The molecule has 2 aromatic heterocycles. The Hall–Kier alpha value is -2.35. The largest absolute Gasteiger partial charge is 0.323 e. The molecule has 0 spiro atoms. The van der Waals surface area contributed by atoms with E-state index in [0.717, 1.165) is 5.52 Å². The number of sulfonamides is 1. The van der Waals surface area contributed by atoms with Crippen LogP contribution in [-0.4, -0.2) is 28.2 Å². The van der Waals surface area contributed by atoms with E-state index in [1.807, 2.05) is 18.2 Å². The van der Waals surface area contributed by atoms with Gasteiger partial charge in [0.2, 0.25) is 5.95 Å². The van der Waals surface area contributed by atoms with E-state index < -0.39 is 10.0 Å². The molecule has 1 aromatic carbocycles. The van der Waals surface area contributed by atoms with Crippen LogP contribution in [0.4, 0.5) is 5.95 Å². The molecule has 0 atom stereocenters. The van der Waals surface area contributed by atoms with Gasteiger partial charge in [-0.15, -0.1) is 0 Å². The number of nitrogens with one attached hydrogen (secondary N) is 2. The van der Waals surface area contributed by atoms with Crippen LogP contribution in [0.2, 0.25) is 0 Å². The van der Waals surface area contributed by atoms with E-state index in [9.17, 15) is 8.42 Å². The average molecular weight is 277 g/mol. The first-order valence-corrected chi connectivity index (χ1v) is 7.00. The van der Waals surface area contributed by atoms with Crippen molar-refractivity contribution in [2.75, 3.05) is 4.72 Å². The lowest BCUT2D eigenvalue weighted by Gasteiger charge is -2.04. The van der Waals surface area contributed by atoms with E-state index in [2.05, 4.69) is 19.8 Å². The minimum atomic E-state index is -3.69. The number of anilines is 1. The van der Waals surface area contributed by atoms with Gasteiger partial charge >= 0.3 is 0 Å². The number of aromatic amines is 1. The second-order valence-corrected chi connectivity index (χ2v) is 5.63. The number of nitrogens with zero attached hydrogens (tertiary/aromatic N) is 3. The second kappa shape index (κ2) is 4.09. The number of fused-ring (bicyclic) bond motifs is 1. The monoisotopic (exact) mass is 277 g/mol. The Labute approximate surface area is 109 Å². The molecule has 0 aliphatic rings. The molecule has 0 aliphatic heterocycles. The van der Waals surface area contributed by atoms with Gasteiger partial charge in [0, 0.05) is 7.05 Å². The highest BCUT2D eigenvalue weighted by Crippen LogP contribution is 2.16. The summed E-state index contributed by atoms with van der Waals surface area (Å²) >= 11 is 0. The minimum Gasteiger partial charge on any atom is -0.323 e. The molecular weight excluding hydrogens is 266 g/mol. The molecule has 0 radical (unpaired) electrons. The predicted molar refractivity (Wildman–Crippen MR) is 70.1 cm³/mol. The van der Waals surface area contributed by atoms with Crippen LogP contribution in [0, 0.1) is 0 Å². The maximum atomic E-state index is 12.1. The maximum Gasteiger partial charge on any atom is 0.281 e. The zero-order valence-corrected chi connectivity index (χ0v) is 10.8. The number of H-pyrrole nitrogens is 1. The summed E-state index contributed by atoms with van der Waals surface area (Å²) < 4.78 is 27.9. The van der Waals surface area contributed by atoms with Crippen LogP contribution in [0.3, 0.4) is 0 Å². The van der Waals surface area contributed by atoms with Crippen LogP contribution in [0.1, 0.15) is 0 Å². The van der Waals surface area contributed by atoms with Crippen LogP contribution in [0.15, 0.2) is 41.6 Å². The van der Waals surface area contributed by atoms with Crippen molar-refractivity contribution >= 4 is 27.0 Å². The molecule has 3 rings (SSSR count). The fourth-order valence-electron chi connectivity index (χ4n) is 1.81. The Bertz CT molecular complexity index is 801. The Kier molecular flexibility index (Phi) is 2.53. The van der Waals surface area contributed by atoms with E-state index >= 15 is 0 Å². The molecular formula is C11H11N5O2S. The lowest BCUT2D eigenvalue weighted by Crippen LogP contribution is -2.17. The van der Waals surface area contributed by atoms with Crippen molar-refractivity contribution in [2.45, 2.75) is 5.03 Å². The molecule has 3 aromatic rings. The molecule has 0 amide bonds. The molecule has 0 fully saturated rings. The smallest absolute Gasteiger partial charge is 0.281 e. The maximum absolute atomic E-state index is 12.1. The lowest BCUT2D eigenvalue weighted by atomic mass is 10.3. The molecule has 0 aliphatic carbocycles. The lowest BCUT2D eigenvalue weighted by molar-refractivity contribution is 0.582. The highest BCUT2D eigenvalue weighted by molar-refractivity contribution is 7.92. The quantitative estimate of drug-likeness (QED) is 0.749. The summed E-state index contributed by atoms with van der Waals surface area (Å²) in [6, 6.07) is 8.73. The third-order valence-electron chi connectivity index (χ3n) is 2.67. The Balaban J connectivity index is 1.99. The van der Waals surface area contributed by atoms with E-state index in [4.69, 9.17) is 0 Å². The van der Waals surface area contributed by atoms with Gasteiger partial charge in [-0.1, -0.05) is 12.1 Å². The molecule has 98 valence electrons. The van der Waals surface area contributed by atoms with E-state index in [1.54, 1.807) is 13.1 Å². The number of hydrogen-bond donors (Lipinski definition) is 2. The van der Waals surface area contributed by atoms with E-state index in [1.165, 1.54) is 16.9 Å². The van der Waals surface area contributed by atoms with Crippen molar-refractivity contribution in [3.05, 3.63) is 36.5 Å². The zero-order chi connectivity index (χ0) is 13.5. The van der Waals surface area contributed by atoms with Gasteiger partial charge < -0.3 is 4.98 Å². The van der Waals surface area contributed by atoms with Gasteiger partial charge in [0.05, 0.1) is 17.2 Å². The van der Waals surface area contributed by atoms with E-state index in [0.29, 0.717) is 5.52 Å². The van der Waals surface area contributed by atoms with Crippen LogP contribution in [-0.2, 0) is 17.1 Å². The number of aryl methyl sites for hydroxylation is 1. The van der Waals surface area contributed by atoms with Crippen molar-refractivity contribution < 1.29 is 8.42 Å². The van der Waals surface area contributed by atoms with Crippen molar-refractivity contribution in [1.29, 1.82) is 0 Å². The molecule has 0 saturated carbocycles. The fraction of sp³-hybridized carbons (Fsp3) is 0.0909. The highest BCUT2D eigenvalue weighted by Gasteiger charge is 2.19. The number of para-hydroxylation sites is 2. The standard InChI is InChI=1S/C11H11N5O2S/c1-16-10(6-7-12-16)19(17,18)15-11-13-8-4-2-3-5-9(8)14-11/h2-7H,1H3,(H2,13,14,15). The van der Waals surface area contributed by atoms with E-state index in [-0.39, 0.29) is 11.0 Å². The van der Waals surface area contributed by atoms with Crippen molar-refractivity contribution in [3.8, 4) is 0 Å². The minimum absolute atomic E-state index is 0.0768. The van der Waals surface area contributed by atoms with Gasteiger partial charge in [-0.25, -0.2) is 9.71 Å². The normalized spacial score (nSPS) is 11.8. The molecule has 8 heteroatoms. The van der Waals surface area contributed by atoms with Crippen LogP contribution < -0.4 is 4.72 Å². The molecule has 0 bridgehead atoms. The zero-order valence-electron chi connectivity index (χ0n) is 10.0. The number of benzene rings is 1. The number of imidazole rings is 1. The van der Waals surface area contributed by atoms with Gasteiger partial charge in [0.15, 0.2) is 5.03 Å². The van der Waals surface area contributed by atoms with Gasteiger partial charge in [0.25, 0.3) is 10.0 Å². The topological polar surface area (TPSA) is 92.7 Å². The Morgan fingerprint density at radius 3 is 2.74 bits per heavy atom. The average Bonchev–Trinajstić information content (AvgIpc) is 2.93. The first kappa shape index (κ1) is 11.7. The van der Waals surface area contributed by atoms with Crippen LogP contribution >= 0.6 is 0 Å². The molecule has 0 saturated heterocycles. The molecule has 19 heavy (non-hydrogen) atoms. The molecule has 7 nitrogen and oxygen atoms in total. The summed E-state index contributed by atoms with van der Waals surface area (Å²) in [5.41, 5.74) is 1.47. The van der Waals surface area contributed by atoms with Crippen LogP contribution in [0.5, 0.6) is 0 Å². The number of rotatable bonds is 3. The van der Waals surface area contributed by atoms with Gasteiger partial charge in [-0.05, 0) is 18.2 Å². The SMILES string of the molecule is Cn1nccc1S(=O)(=O)Nc1nc2ccccc2[nH]1. The Morgan fingerprint density at radius 2 is 2.05 bits per heavy atom. The summed E-state index contributed by atoms with van der Waals surface area (Å²) in [5, 5.41) is 3.91. The van der Waals surface area contributed by atoms with Crippen LogP contribution in [0.25, 0.3) is 11.0 Å². The molecule has 2 N–H and O–H groups in total. The van der Waals surface area contributed by atoms with Gasteiger partial charge in [-0.3, -0.25) is 4.68 Å². The first-order valence-electron chi connectivity index (χ1n) is 5.52. The van der Waals surface area contributed by atoms with Crippen molar-refractivity contribution in [2.24, 2.45) is 7.05 Å². The number of aromatic nitrogens is 4. The second-order valence-electron chi connectivity index (χ2n) is 4.00. The van der Waals surface area contributed by atoms with Gasteiger partial charge in [-0.2, -0.15) is 13.5 Å². The fourth-order valence-corrected chi connectivity index (χ4v) is 2.90. The number of hydrogen-bond acceptors (Lipinski definition) is 4. The molecule has 0 unspecified atom stereocenters. The first-order chi connectivity index (χ1) is 9.06. The van der Waals surface area contributed by atoms with Gasteiger partial charge in [0.1, 0.15) is 0 Å². The Morgan fingerprint density at radius 1 is 1.26 bits per heavy atom. The summed E-state index contributed by atoms with van der Waals surface area (Å²) in [4.78, 5) is 7.06.